The quantitative estimate of drug-likeness (QED) is 0.0344. The summed E-state index contributed by atoms with van der Waals surface area (Å²) in [6.45, 7) is 9.02. The van der Waals surface area contributed by atoms with Crippen LogP contribution in [0.5, 0.6) is 0 Å². The van der Waals surface area contributed by atoms with Crippen LogP contribution in [0.4, 0.5) is 0 Å². The first-order valence-corrected chi connectivity index (χ1v) is 28.4. The summed E-state index contributed by atoms with van der Waals surface area (Å²) in [5.41, 5.74) is 0. The number of hydrogen-bond donors (Lipinski definition) is 0. The van der Waals surface area contributed by atoms with Gasteiger partial charge in [0.05, 0.1) is 0 Å². The van der Waals surface area contributed by atoms with Gasteiger partial charge in [0, 0.05) is 19.3 Å². The van der Waals surface area contributed by atoms with E-state index >= 15 is 0 Å². The van der Waals surface area contributed by atoms with Gasteiger partial charge in [-0.3, -0.25) is 14.4 Å². The molecular weight excluding hydrogens is 781 g/mol. The second-order valence-electron chi connectivity index (χ2n) is 20.1. The van der Waals surface area contributed by atoms with Gasteiger partial charge >= 0.3 is 17.9 Å². The Labute approximate surface area is 393 Å². The lowest BCUT2D eigenvalue weighted by Gasteiger charge is -2.18. The fourth-order valence-electron chi connectivity index (χ4n) is 8.75. The topological polar surface area (TPSA) is 78.9 Å². The molecule has 63 heavy (non-hydrogen) atoms. The third-order valence-corrected chi connectivity index (χ3v) is 13.0. The first kappa shape index (κ1) is 61.4. The third kappa shape index (κ3) is 51.3. The highest BCUT2D eigenvalue weighted by Crippen LogP contribution is 2.18. The molecule has 0 fully saturated rings. The number of ether oxygens (including phenoxy) is 3. The Morgan fingerprint density at radius 3 is 0.778 bits per heavy atom. The van der Waals surface area contributed by atoms with Crippen LogP contribution < -0.4 is 0 Å². The predicted molar refractivity (Wildman–Crippen MR) is 270 cm³/mol. The highest BCUT2D eigenvalue weighted by Gasteiger charge is 2.19. The van der Waals surface area contributed by atoms with E-state index in [9.17, 15) is 14.4 Å². The zero-order valence-electron chi connectivity index (χ0n) is 43.0. The lowest BCUT2D eigenvalue weighted by atomic mass is 10.0. The summed E-state index contributed by atoms with van der Waals surface area (Å²) in [6.07, 6.45) is 55.3. The Morgan fingerprint density at radius 1 is 0.302 bits per heavy atom. The molecule has 0 N–H and O–H groups in total. The molecule has 6 heteroatoms. The summed E-state index contributed by atoms with van der Waals surface area (Å²) in [5.74, 6) is -0.0435. The van der Waals surface area contributed by atoms with Gasteiger partial charge in [-0.2, -0.15) is 0 Å². The van der Waals surface area contributed by atoms with Crippen molar-refractivity contribution in [1.29, 1.82) is 0 Å². The molecule has 0 unspecified atom stereocenters. The zero-order valence-corrected chi connectivity index (χ0v) is 43.0. The van der Waals surface area contributed by atoms with Crippen LogP contribution in [0.1, 0.15) is 323 Å². The summed E-state index contributed by atoms with van der Waals surface area (Å²) in [6, 6.07) is 0. The Morgan fingerprint density at radius 2 is 0.524 bits per heavy atom. The standard InChI is InChI=1S/C57H110O6/c1-5-7-9-11-13-15-17-19-21-22-23-24-26-28-30-32-38-42-46-50-57(60)63-54(52-62-56(59)49-45-41-37-34-33-35-39-43-47-53(3)4)51-61-55(58)48-44-40-36-31-29-27-25-20-18-16-14-12-10-8-6-2/h53-54H,5-52H2,1-4H3/t54-/m0/s1. The van der Waals surface area contributed by atoms with Crippen LogP contribution in [0.25, 0.3) is 0 Å². The first-order chi connectivity index (χ1) is 30.9. The smallest absolute Gasteiger partial charge is 0.306 e. The van der Waals surface area contributed by atoms with Crippen LogP contribution in [-0.2, 0) is 28.6 Å². The molecule has 0 spiro atoms. The highest BCUT2D eigenvalue weighted by molar-refractivity contribution is 5.71. The van der Waals surface area contributed by atoms with Crippen molar-refractivity contribution in [3.05, 3.63) is 0 Å². The van der Waals surface area contributed by atoms with Crippen molar-refractivity contribution in [2.75, 3.05) is 13.2 Å². The molecule has 6 nitrogen and oxygen atoms in total. The molecule has 0 aromatic heterocycles. The van der Waals surface area contributed by atoms with E-state index in [1.165, 1.54) is 218 Å². The second-order valence-corrected chi connectivity index (χ2v) is 20.1. The van der Waals surface area contributed by atoms with E-state index in [1.54, 1.807) is 0 Å². The van der Waals surface area contributed by atoms with Gasteiger partial charge in [-0.1, -0.05) is 285 Å². The Kier molecular flexibility index (Phi) is 50.1. The number of carbonyl (C=O) groups excluding carboxylic acids is 3. The van der Waals surface area contributed by atoms with Crippen LogP contribution in [0.15, 0.2) is 0 Å². The normalized spacial score (nSPS) is 12.0. The van der Waals surface area contributed by atoms with Crippen molar-refractivity contribution in [3.63, 3.8) is 0 Å². The van der Waals surface area contributed by atoms with E-state index in [-0.39, 0.29) is 31.1 Å². The number of hydrogen-bond acceptors (Lipinski definition) is 6. The third-order valence-electron chi connectivity index (χ3n) is 13.0. The van der Waals surface area contributed by atoms with Crippen LogP contribution in [0.3, 0.4) is 0 Å². The summed E-state index contributed by atoms with van der Waals surface area (Å²) in [7, 11) is 0. The molecule has 0 rings (SSSR count). The van der Waals surface area contributed by atoms with Gasteiger partial charge in [0.1, 0.15) is 13.2 Å². The SMILES string of the molecule is CCCCCCCCCCCCCCCCCCCCCC(=O)O[C@@H](COC(=O)CCCCCCCCCCCCCCCCC)COC(=O)CCCCCCCCCCC(C)C. The van der Waals surface area contributed by atoms with Crippen molar-refractivity contribution < 1.29 is 28.6 Å². The second kappa shape index (κ2) is 51.4. The summed E-state index contributed by atoms with van der Waals surface area (Å²) >= 11 is 0. The average molecular weight is 892 g/mol. The predicted octanol–water partition coefficient (Wildman–Crippen LogP) is 18.6. The van der Waals surface area contributed by atoms with Gasteiger partial charge in [-0.25, -0.2) is 0 Å². The average Bonchev–Trinajstić information content (AvgIpc) is 3.27. The number of carbonyl (C=O) groups is 3. The monoisotopic (exact) mass is 891 g/mol. The van der Waals surface area contributed by atoms with Crippen LogP contribution >= 0.6 is 0 Å². The zero-order chi connectivity index (χ0) is 45.9. The first-order valence-electron chi connectivity index (χ1n) is 28.4. The lowest BCUT2D eigenvalue weighted by Crippen LogP contribution is -2.30. The molecule has 374 valence electrons. The fourth-order valence-corrected chi connectivity index (χ4v) is 8.75. The van der Waals surface area contributed by atoms with Gasteiger partial charge in [-0.05, 0) is 25.2 Å². The number of rotatable bonds is 52. The van der Waals surface area contributed by atoms with E-state index in [4.69, 9.17) is 14.2 Å². The molecule has 0 aliphatic rings. The van der Waals surface area contributed by atoms with Crippen molar-refractivity contribution in [2.24, 2.45) is 5.92 Å². The molecule has 0 amide bonds. The summed E-state index contributed by atoms with van der Waals surface area (Å²) in [4.78, 5) is 38.1. The fraction of sp³-hybridized carbons (Fsp3) is 0.947. The minimum atomic E-state index is -0.762. The van der Waals surface area contributed by atoms with Crippen LogP contribution in [0, 0.1) is 5.92 Å². The lowest BCUT2D eigenvalue weighted by molar-refractivity contribution is -0.167. The van der Waals surface area contributed by atoms with Gasteiger partial charge in [0.15, 0.2) is 6.10 Å². The highest BCUT2D eigenvalue weighted by atomic mass is 16.6. The Hall–Kier alpha value is -1.59. The maximum atomic E-state index is 12.8. The molecule has 0 heterocycles. The molecular formula is C57H110O6. The van der Waals surface area contributed by atoms with E-state index in [0.29, 0.717) is 19.3 Å². The van der Waals surface area contributed by atoms with Crippen LogP contribution in [-0.4, -0.2) is 37.2 Å². The van der Waals surface area contributed by atoms with E-state index < -0.39 is 6.10 Å². The summed E-state index contributed by atoms with van der Waals surface area (Å²) < 4.78 is 16.9. The van der Waals surface area contributed by atoms with Gasteiger partial charge < -0.3 is 14.2 Å². The number of unbranched alkanes of at least 4 members (excludes halogenated alkanes) is 39. The molecule has 0 saturated carbocycles. The molecule has 0 aliphatic carbocycles. The van der Waals surface area contributed by atoms with E-state index in [1.807, 2.05) is 0 Å². The van der Waals surface area contributed by atoms with Gasteiger partial charge in [-0.15, -0.1) is 0 Å². The largest absolute Gasteiger partial charge is 0.462 e. The van der Waals surface area contributed by atoms with Crippen molar-refractivity contribution >= 4 is 17.9 Å². The van der Waals surface area contributed by atoms with E-state index in [2.05, 4.69) is 27.7 Å². The maximum absolute atomic E-state index is 12.8. The van der Waals surface area contributed by atoms with Crippen molar-refractivity contribution in [2.45, 2.75) is 329 Å². The van der Waals surface area contributed by atoms with Crippen LogP contribution in [0.2, 0.25) is 0 Å². The molecule has 0 radical (unpaired) electrons. The number of esters is 3. The van der Waals surface area contributed by atoms with Gasteiger partial charge in [0.25, 0.3) is 0 Å². The molecule has 0 aromatic rings. The van der Waals surface area contributed by atoms with Gasteiger partial charge in [0.2, 0.25) is 0 Å². The van der Waals surface area contributed by atoms with Crippen molar-refractivity contribution in [1.82, 2.24) is 0 Å². The molecule has 0 aromatic carbocycles. The molecule has 0 aliphatic heterocycles. The summed E-state index contributed by atoms with van der Waals surface area (Å²) in [5, 5.41) is 0. The molecule has 0 saturated heterocycles. The molecule has 0 bridgehead atoms. The minimum Gasteiger partial charge on any atom is -0.462 e. The Bertz CT molecular complexity index is 949. The minimum absolute atomic E-state index is 0.0625. The van der Waals surface area contributed by atoms with E-state index in [0.717, 1.165) is 63.7 Å². The van der Waals surface area contributed by atoms with Crippen molar-refractivity contribution in [3.8, 4) is 0 Å². The maximum Gasteiger partial charge on any atom is 0.306 e. The molecule has 1 atom stereocenters. The Balaban J connectivity index is 4.26.